The molecule has 0 atom stereocenters. The smallest absolute Gasteiger partial charge is 0.286 e. The summed E-state index contributed by atoms with van der Waals surface area (Å²) >= 11 is 1.46. The molecule has 4 nitrogen and oxygen atoms in total. The second-order valence-electron chi connectivity index (χ2n) is 5.50. The van der Waals surface area contributed by atoms with Gasteiger partial charge < -0.3 is 9.64 Å². The standard InChI is InChI=1S/C18H20N2O2S/c1-2-12-22-15-9-5-4-8-14(15)13-16-17(21)19-18(23-16)20-10-6-3-7-11-20/h2,4-5,8-9,13H,1,3,6-7,10-12H2/b16-13-. The van der Waals surface area contributed by atoms with Crippen LogP contribution in [0.4, 0.5) is 0 Å². The Labute approximate surface area is 140 Å². The number of piperidine rings is 1. The minimum absolute atomic E-state index is 0.158. The number of benzene rings is 1. The molecule has 3 rings (SSSR count). The Kier molecular flexibility index (Phi) is 5.18. The average Bonchev–Trinajstić information content (AvgIpc) is 2.96. The van der Waals surface area contributed by atoms with Crippen molar-refractivity contribution in [1.29, 1.82) is 0 Å². The second-order valence-corrected chi connectivity index (χ2v) is 6.50. The molecular formula is C18H20N2O2S. The van der Waals surface area contributed by atoms with Gasteiger partial charge in [-0.25, -0.2) is 0 Å². The number of para-hydroxylation sites is 1. The molecule has 23 heavy (non-hydrogen) atoms. The second kappa shape index (κ2) is 7.51. The van der Waals surface area contributed by atoms with E-state index in [0.29, 0.717) is 11.5 Å². The summed E-state index contributed by atoms with van der Waals surface area (Å²) in [5, 5.41) is 0.838. The first kappa shape index (κ1) is 15.9. The van der Waals surface area contributed by atoms with Gasteiger partial charge >= 0.3 is 0 Å². The minimum atomic E-state index is -0.158. The largest absolute Gasteiger partial charge is 0.489 e. The van der Waals surface area contributed by atoms with Gasteiger partial charge in [0.25, 0.3) is 5.91 Å². The topological polar surface area (TPSA) is 41.9 Å². The summed E-state index contributed by atoms with van der Waals surface area (Å²) in [6, 6.07) is 7.69. The van der Waals surface area contributed by atoms with E-state index in [1.54, 1.807) is 6.08 Å². The molecule has 1 amide bonds. The Bertz CT molecular complexity index is 661. The van der Waals surface area contributed by atoms with Crippen molar-refractivity contribution in [1.82, 2.24) is 4.90 Å². The van der Waals surface area contributed by atoms with Gasteiger partial charge in [0, 0.05) is 18.7 Å². The van der Waals surface area contributed by atoms with Crippen LogP contribution >= 0.6 is 11.8 Å². The summed E-state index contributed by atoms with van der Waals surface area (Å²) in [5.74, 6) is 0.591. The van der Waals surface area contributed by atoms with Crippen LogP contribution in [-0.4, -0.2) is 35.7 Å². The maximum atomic E-state index is 12.2. The highest BCUT2D eigenvalue weighted by molar-refractivity contribution is 8.18. The van der Waals surface area contributed by atoms with E-state index in [1.165, 1.54) is 31.0 Å². The maximum absolute atomic E-state index is 12.2. The molecule has 1 aromatic rings. The number of nitrogens with zero attached hydrogens (tertiary/aromatic N) is 2. The molecule has 0 bridgehead atoms. The van der Waals surface area contributed by atoms with E-state index >= 15 is 0 Å². The molecule has 1 saturated heterocycles. The number of carbonyl (C=O) groups excluding carboxylic acids is 1. The molecule has 1 fully saturated rings. The van der Waals surface area contributed by atoms with Crippen LogP contribution in [0.2, 0.25) is 0 Å². The third-order valence-corrected chi connectivity index (χ3v) is 4.84. The number of likely N-dealkylation sites (tertiary alicyclic amines) is 1. The summed E-state index contributed by atoms with van der Waals surface area (Å²) < 4.78 is 5.64. The van der Waals surface area contributed by atoms with E-state index in [4.69, 9.17) is 4.74 Å². The number of aliphatic imine (C=N–C) groups is 1. The van der Waals surface area contributed by atoms with E-state index in [2.05, 4.69) is 16.5 Å². The van der Waals surface area contributed by atoms with Crippen LogP contribution < -0.4 is 4.74 Å². The molecule has 0 aliphatic carbocycles. The van der Waals surface area contributed by atoms with Crippen LogP contribution in [0.3, 0.4) is 0 Å². The lowest BCUT2D eigenvalue weighted by Gasteiger charge is -2.27. The van der Waals surface area contributed by atoms with E-state index in [-0.39, 0.29) is 5.91 Å². The van der Waals surface area contributed by atoms with Crippen molar-refractivity contribution in [2.45, 2.75) is 19.3 Å². The van der Waals surface area contributed by atoms with Crippen LogP contribution in [0, 0.1) is 0 Å². The summed E-state index contributed by atoms with van der Waals surface area (Å²) in [5.41, 5.74) is 0.889. The highest BCUT2D eigenvalue weighted by atomic mass is 32.2. The van der Waals surface area contributed by atoms with Crippen molar-refractivity contribution in [3.8, 4) is 5.75 Å². The van der Waals surface area contributed by atoms with Gasteiger partial charge in [-0.3, -0.25) is 4.79 Å². The number of thioether (sulfide) groups is 1. The zero-order valence-electron chi connectivity index (χ0n) is 13.0. The Hall–Kier alpha value is -2.01. The fourth-order valence-corrected chi connectivity index (χ4v) is 3.60. The summed E-state index contributed by atoms with van der Waals surface area (Å²) in [4.78, 5) is 19.3. The molecule has 5 heteroatoms. The van der Waals surface area contributed by atoms with Gasteiger partial charge in [-0.05, 0) is 43.2 Å². The molecule has 2 aliphatic rings. The highest BCUT2D eigenvalue weighted by Crippen LogP contribution is 2.33. The Morgan fingerprint density at radius 2 is 2.04 bits per heavy atom. The lowest BCUT2D eigenvalue weighted by molar-refractivity contribution is -0.113. The monoisotopic (exact) mass is 328 g/mol. The van der Waals surface area contributed by atoms with Crippen LogP contribution in [0.15, 0.2) is 46.8 Å². The third-order valence-electron chi connectivity index (χ3n) is 3.80. The van der Waals surface area contributed by atoms with Gasteiger partial charge in [0.05, 0.1) is 4.91 Å². The molecule has 0 N–H and O–H groups in total. The van der Waals surface area contributed by atoms with Crippen molar-refractivity contribution in [2.24, 2.45) is 4.99 Å². The zero-order chi connectivity index (χ0) is 16.1. The zero-order valence-corrected chi connectivity index (χ0v) is 13.8. The molecule has 2 aliphatic heterocycles. The number of hydrogen-bond acceptors (Lipinski definition) is 4. The number of amidine groups is 1. The molecule has 0 spiro atoms. The number of rotatable bonds is 4. The van der Waals surface area contributed by atoms with Crippen LogP contribution in [0.1, 0.15) is 24.8 Å². The number of ether oxygens (including phenoxy) is 1. The highest BCUT2D eigenvalue weighted by Gasteiger charge is 2.27. The lowest BCUT2D eigenvalue weighted by Crippen LogP contribution is -2.33. The van der Waals surface area contributed by atoms with Crippen molar-refractivity contribution < 1.29 is 9.53 Å². The van der Waals surface area contributed by atoms with Crippen LogP contribution in [-0.2, 0) is 4.79 Å². The Morgan fingerprint density at radius 3 is 2.83 bits per heavy atom. The van der Waals surface area contributed by atoms with E-state index in [1.807, 2.05) is 30.3 Å². The lowest BCUT2D eigenvalue weighted by atomic mass is 10.1. The third kappa shape index (κ3) is 3.85. The van der Waals surface area contributed by atoms with Gasteiger partial charge in [0.2, 0.25) is 0 Å². The average molecular weight is 328 g/mol. The molecular weight excluding hydrogens is 308 g/mol. The van der Waals surface area contributed by atoms with E-state index in [9.17, 15) is 4.79 Å². The molecule has 1 aromatic carbocycles. The first-order valence-electron chi connectivity index (χ1n) is 7.88. The first-order valence-corrected chi connectivity index (χ1v) is 8.70. The van der Waals surface area contributed by atoms with Gasteiger partial charge in [-0.15, -0.1) is 0 Å². The maximum Gasteiger partial charge on any atom is 0.286 e. The first-order chi connectivity index (χ1) is 11.3. The number of carbonyl (C=O) groups is 1. The molecule has 120 valence electrons. The summed E-state index contributed by atoms with van der Waals surface area (Å²) in [7, 11) is 0. The van der Waals surface area contributed by atoms with Crippen molar-refractivity contribution in [3.05, 3.63) is 47.4 Å². The molecule has 0 unspecified atom stereocenters. The SMILES string of the molecule is C=CCOc1ccccc1/C=C1\SC(N2CCCCC2)=NC1=O. The predicted molar refractivity (Wildman–Crippen MR) is 95.6 cm³/mol. The van der Waals surface area contributed by atoms with Gasteiger partial charge in [-0.1, -0.05) is 30.9 Å². The van der Waals surface area contributed by atoms with Crippen molar-refractivity contribution in [3.63, 3.8) is 0 Å². The van der Waals surface area contributed by atoms with Crippen molar-refractivity contribution >= 4 is 28.9 Å². The van der Waals surface area contributed by atoms with Gasteiger partial charge in [-0.2, -0.15) is 4.99 Å². The van der Waals surface area contributed by atoms with E-state index < -0.39 is 0 Å². The summed E-state index contributed by atoms with van der Waals surface area (Å²) in [6.45, 7) is 6.08. The Balaban J connectivity index is 1.76. The number of hydrogen-bond donors (Lipinski definition) is 0. The quantitative estimate of drug-likeness (QED) is 0.624. The van der Waals surface area contributed by atoms with E-state index in [0.717, 1.165) is 29.6 Å². The molecule has 2 heterocycles. The van der Waals surface area contributed by atoms with Crippen LogP contribution in [0.25, 0.3) is 6.08 Å². The van der Waals surface area contributed by atoms with Gasteiger partial charge in [0.15, 0.2) is 5.17 Å². The van der Waals surface area contributed by atoms with Crippen molar-refractivity contribution in [2.75, 3.05) is 19.7 Å². The predicted octanol–water partition coefficient (Wildman–Crippen LogP) is 3.71. The summed E-state index contributed by atoms with van der Waals surface area (Å²) in [6.07, 6.45) is 7.18. The normalized spacial score (nSPS) is 19.8. The molecule has 0 saturated carbocycles. The fraction of sp³-hybridized carbons (Fsp3) is 0.333. The number of amides is 1. The molecule has 0 aromatic heterocycles. The molecule has 0 radical (unpaired) electrons. The fourth-order valence-electron chi connectivity index (χ4n) is 2.64. The van der Waals surface area contributed by atoms with Crippen LogP contribution in [0.5, 0.6) is 5.75 Å². The Morgan fingerprint density at radius 1 is 1.26 bits per heavy atom. The van der Waals surface area contributed by atoms with Gasteiger partial charge in [0.1, 0.15) is 12.4 Å². The minimum Gasteiger partial charge on any atom is -0.489 e.